The predicted octanol–water partition coefficient (Wildman–Crippen LogP) is 4.99. The van der Waals surface area contributed by atoms with Gasteiger partial charge in [-0.05, 0) is 36.6 Å². The molecule has 0 N–H and O–H groups in total. The molecule has 0 saturated carbocycles. The van der Waals surface area contributed by atoms with Gasteiger partial charge in [-0.1, -0.05) is 53.7 Å². The van der Waals surface area contributed by atoms with Crippen molar-refractivity contribution in [1.82, 2.24) is 0 Å². The molecule has 4 heteroatoms. The van der Waals surface area contributed by atoms with Gasteiger partial charge in [-0.2, -0.15) is 0 Å². The third-order valence-electron chi connectivity index (χ3n) is 3.29. The zero-order chi connectivity index (χ0) is 16.0. The van der Waals surface area contributed by atoms with E-state index in [4.69, 9.17) is 4.74 Å². The Bertz CT molecular complexity index is 440. The van der Waals surface area contributed by atoms with E-state index in [-0.39, 0.29) is 5.97 Å². The molecule has 0 heterocycles. The van der Waals surface area contributed by atoms with E-state index in [0.717, 1.165) is 29.7 Å². The van der Waals surface area contributed by atoms with Crippen molar-refractivity contribution in [3.8, 4) is 5.75 Å². The molecule has 0 radical (unpaired) electrons. The lowest BCUT2D eigenvalue weighted by molar-refractivity contribution is -0.134. The van der Waals surface area contributed by atoms with Crippen LogP contribution < -0.4 is 4.74 Å². The Labute approximate surface area is 141 Å². The van der Waals surface area contributed by atoms with Crippen LogP contribution in [-0.4, -0.2) is 25.0 Å². The van der Waals surface area contributed by atoms with Gasteiger partial charge in [0, 0.05) is 11.4 Å². The van der Waals surface area contributed by atoms with Gasteiger partial charge in [0.1, 0.15) is 5.75 Å². The van der Waals surface area contributed by atoms with Crippen LogP contribution >= 0.6 is 15.9 Å². The van der Waals surface area contributed by atoms with Gasteiger partial charge < -0.3 is 9.47 Å². The maximum Gasteiger partial charge on any atom is 0.330 e. The van der Waals surface area contributed by atoms with E-state index in [2.05, 4.69) is 20.7 Å². The Morgan fingerprint density at radius 3 is 2.32 bits per heavy atom. The molecule has 3 nitrogen and oxygen atoms in total. The van der Waals surface area contributed by atoms with Crippen molar-refractivity contribution in [2.75, 3.05) is 19.0 Å². The molecule has 1 aromatic rings. The Morgan fingerprint density at radius 2 is 1.68 bits per heavy atom. The van der Waals surface area contributed by atoms with Gasteiger partial charge in [0.15, 0.2) is 0 Å². The van der Waals surface area contributed by atoms with Gasteiger partial charge >= 0.3 is 5.97 Å². The normalized spacial score (nSPS) is 10.8. The first-order valence-corrected chi connectivity index (χ1v) is 8.93. The van der Waals surface area contributed by atoms with Crippen molar-refractivity contribution in [1.29, 1.82) is 0 Å². The fraction of sp³-hybridized carbons (Fsp3) is 0.500. The van der Waals surface area contributed by atoms with Crippen molar-refractivity contribution in [3.05, 3.63) is 35.9 Å². The molecule has 0 unspecified atom stereocenters. The van der Waals surface area contributed by atoms with E-state index in [9.17, 15) is 4.79 Å². The summed E-state index contributed by atoms with van der Waals surface area (Å²) in [6.45, 7) is 0.760. The highest BCUT2D eigenvalue weighted by molar-refractivity contribution is 9.09. The molecule has 0 amide bonds. The van der Waals surface area contributed by atoms with E-state index in [0.29, 0.717) is 0 Å². The summed E-state index contributed by atoms with van der Waals surface area (Å²) in [6.07, 6.45) is 10.6. The van der Waals surface area contributed by atoms with E-state index >= 15 is 0 Å². The molecular weight excluding hydrogens is 344 g/mol. The summed E-state index contributed by atoms with van der Waals surface area (Å²) in [5, 5.41) is 1.11. The number of methoxy groups -OCH3 is 1. The zero-order valence-corrected chi connectivity index (χ0v) is 14.8. The van der Waals surface area contributed by atoms with Crippen LogP contribution in [0.5, 0.6) is 5.75 Å². The lowest BCUT2D eigenvalue weighted by Gasteiger charge is -2.06. The van der Waals surface area contributed by atoms with Crippen LogP contribution in [0.15, 0.2) is 30.3 Å². The minimum atomic E-state index is -0.350. The number of ether oxygens (including phenoxy) is 2. The number of alkyl halides is 1. The topological polar surface area (TPSA) is 35.5 Å². The predicted molar refractivity (Wildman–Crippen MR) is 94.5 cm³/mol. The van der Waals surface area contributed by atoms with Crippen molar-refractivity contribution >= 4 is 28.0 Å². The van der Waals surface area contributed by atoms with Crippen LogP contribution in [0.1, 0.15) is 44.1 Å². The Hall–Kier alpha value is -1.29. The lowest BCUT2D eigenvalue weighted by atomic mass is 10.1. The van der Waals surface area contributed by atoms with E-state index in [1.54, 1.807) is 6.08 Å². The van der Waals surface area contributed by atoms with Crippen molar-refractivity contribution in [2.24, 2.45) is 0 Å². The summed E-state index contributed by atoms with van der Waals surface area (Å²) in [7, 11) is 1.37. The van der Waals surface area contributed by atoms with Crippen LogP contribution in [0.4, 0.5) is 0 Å². The molecule has 22 heavy (non-hydrogen) atoms. The minimum absolute atomic E-state index is 0.350. The molecule has 0 aliphatic heterocycles. The number of benzene rings is 1. The smallest absolute Gasteiger partial charge is 0.330 e. The molecule has 0 aromatic heterocycles. The van der Waals surface area contributed by atoms with Crippen molar-refractivity contribution in [2.45, 2.75) is 38.5 Å². The first-order chi connectivity index (χ1) is 10.8. The van der Waals surface area contributed by atoms with Gasteiger partial charge in [0.2, 0.25) is 0 Å². The highest BCUT2D eigenvalue weighted by Crippen LogP contribution is 2.14. The summed E-state index contributed by atoms with van der Waals surface area (Å²) in [5.41, 5.74) is 0.949. The number of hydrogen-bond donors (Lipinski definition) is 0. The number of unbranched alkanes of at least 4 members (excludes halogenated alkanes) is 5. The van der Waals surface area contributed by atoms with Crippen molar-refractivity contribution < 1.29 is 14.3 Å². The minimum Gasteiger partial charge on any atom is -0.494 e. The maximum absolute atomic E-state index is 11.0. The van der Waals surface area contributed by atoms with Gasteiger partial charge in [-0.3, -0.25) is 0 Å². The highest BCUT2D eigenvalue weighted by atomic mass is 79.9. The molecular formula is C18H25BrO3. The van der Waals surface area contributed by atoms with Crippen LogP contribution in [0.3, 0.4) is 0 Å². The standard InChI is InChI=1S/C18H25BrO3/c1-21-18(20)13-10-16-8-11-17(12-9-16)22-15-7-5-3-2-4-6-14-19/h8-13H,2-7,14-15H2,1H3. The molecule has 0 aliphatic rings. The number of carbonyl (C=O) groups excluding carboxylic acids is 1. The maximum atomic E-state index is 11.0. The molecule has 0 aliphatic carbocycles. The molecule has 122 valence electrons. The summed E-state index contributed by atoms with van der Waals surface area (Å²) in [5.74, 6) is 0.519. The van der Waals surface area contributed by atoms with Crippen molar-refractivity contribution in [3.63, 3.8) is 0 Å². The van der Waals surface area contributed by atoms with E-state index in [1.807, 2.05) is 24.3 Å². The summed E-state index contributed by atoms with van der Waals surface area (Å²) in [4.78, 5) is 11.0. The number of carbonyl (C=O) groups is 1. The molecule has 0 spiro atoms. The average molecular weight is 369 g/mol. The first kappa shape index (κ1) is 18.8. The van der Waals surface area contributed by atoms with Gasteiger partial charge in [-0.15, -0.1) is 0 Å². The summed E-state index contributed by atoms with van der Waals surface area (Å²) >= 11 is 3.45. The van der Waals surface area contributed by atoms with Gasteiger partial charge in [0.05, 0.1) is 13.7 Å². The molecule has 0 atom stereocenters. The van der Waals surface area contributed by atoms with Gasteiger partial charge in [-0.25, -0.2) is 4.79 Å². The second kappa shape index (κ2) is 12.3. The molecule has 0 fully saturated rings. The first-order valence-electron chi connectivity index (χ1n) is 7.81. The Kier molecular flexibility index (Phi) is 10.5. The van der Waals surface area contributed by atoms with E-state index in [1.165, 1.54) is 45.3 Å². The van der Waals surface area contributed by atoms with Gasteiger partial charge in [0.25, 0.3) is 0 Å². The van der Waals surface area contributed by atoms with Crippen LogP contribution in [0.25, 0.3) is 6.08 Å². The van der Waals surface area contributed by atoms with Crippen LogP contribution in [-0.2, 0) is 9.53 Å². The SMILES string of the molecule is COC(=O)C=Cc1ccc(OCCCCCCCCBr)cc1. The lowest BCUT2D eigenvalue weighted by Crippen LogP contribution is -1.97. The molecule has 1 aromatic carbocycles. The van der Waals surface area contributed by atoms with E-state index < -0.39 is 0 Å². The second-order valence-electron chi connectivity index (χ2n) is 5.08. The Morgan fingerprint density at radius 1 is 1.05 bits per heavy atom. The van der Waals surface area contributed by atoms with Crippen LogP contribution in [0, 0.1) is 0 Å². The monoisotopic (exact) mass is 368 g/mol. The Balaban J connectivity index is 2.16. The number of rotatable bonds is 11. The summed E-state index contributed by atoms with van der Waals surface area (Å²) < 4.78 is 10.3. The average Bonchev–Trinajstić information content (AvgIpc) is 2.56. The zero-order valence-electron chi connectivity index (χ0n) is 13.2. The molecule has 1 rings (SSSR count). The van der Waals surface area contributed by atoms with Crippen LogP contribution in [0.2, 0.25) is 0 Å². The number of hydrogen-bond acceptors (Lipinski definition) is 3. The molecule has 0 saturated heterocycles. The fourth-order valence-corrected chi connectivity index (χ4v) is 2.40. The molecule has 0 bridgehead atoms. The number of esters is 1. The number of halogens is 1. The largest absolute Gasteiger partial charge is 0.494 e. The summed E-state index contributed by atoms with van der Waals surface area (Å²) in [6, 6.07) is 7.70. The quantitative estimate of drug-likeness (QED) is 0.239. The fourth-order valence-electron chi connectivity index (χ4n) is 2.00. The third kappa shape index (κ3) is 8.88. The highest BCUT2D eigenvalue weighted by Gasteiger charge is 1.96. The second-order valence-corrected chi connectivity index (χ2v) is 5.88. The third-order valence-corrected chi connectivity index (χ3v) is 3.85.